The molecule has 3 saturated heterocycles. The number of amides is 3. The van der Waals surface area contributed by atoms with Crippen LogP contribution in [0.5, 0.6) is 0 Å². The molecule has 47 heavy (non-hydrogen) atoms. The minimum absolute atomic E-state index is 0.0680. The Labute approximate surface area is 291 Å². The van der Waals surface area contributed by atoms with Crippen LogP contribution in [0.2, 0.25) is 0 Å². The van der Waals surface area contributed by atoms with E-state index < -0.39 is 6.04 Å². The maximum absolute atomic E-state index is 14.0. The molecule has 0 bridgehead atoms. The van der Waals surface area contributed by atoms with Crippen molar-refractivity contribution in [3.8, 4) is 11.3 Å². The lowest BCUT2D eigenvalue weighted by Crippen LogP contribution is -2.56. The second kappa shape index (κ2) is 14.9. The first-order valence-electron chi connectivity index (χ1n) is 16.5. The normalized spacial score (nSPS) is 19.1. The van der Waals surface area contributed by atoms with Gasteiger partial charge in [0.1, 0.15) is 11.9 Å². The Balaban J connectivity index is 1.11. The molecule has 0 aliphatic carbocycles. The molecule has 4 N–H and O–H groups in total. The van der Waals surface area contributed by atoms with Gasteiger partial charge in [-0.1, -0.05) is 6.42 Å². The third-order valence-corrected chi connectivity index (χ3v) is 11.2. The zero-order chi connectivity index (χ0) is 33.1. The van der Waals surface area contributed by atoms with Gasteiger partial charge in [0.2, 0.25) is 5.91 Å². The molecule has 3 aliphatic rings. The Morgan fingerprint density at radius 1 is 0.894 bits per heavy atom. The summed E-state index contributed by atoms with van der Waals surface area (Å²) in [4.78, 5) is 49.6. The van der Waals surface area contributed by atoms with Crippen LogP contribution in [0.25, 0.3) is 11.3 Å². The number of nitrogens with zero attached hydrogens (tertiary/aromatic N) is 4. The number of halogens is 3. The van der Waals surface area contributed by atoms with Crippen molar-refractivity contribution < 1.29 is 14.0 Å². The molecule has 0 radical (unpaired) electrons. The highest BCUT2D eigenvalue weighted by molar-refractivity contribution is 9.11. The van der Waals surface area contributed by atoms with Crippen molar-refractivity contribution in [2.75, 3.05) is 45.0 Å². The van der Waals surface area contributed by atoms with Gasteiger partial charge in [-0.3, -0.25) is 9.36 Å². The Morgan fingerprint density at radius 2 is 1.49 bits per heavy atom. The fourth-order valence-corrected chi connectivity index (χ4v) is 8.47. The van der Waals surface area contributed by atoms with Gasteiger partial charge in [-0.2, -0.15) is 0 Å². The number of nitrogen functional groups attached to an aromatic ring is 1. The van der Waals surface area contributed by atoms with Gasteiger partial charge in [-0.25, -0.2) is 14.0 Å². The number of rotatable bonds is 7. The number of benzene rings is 2. The molecule has 3 amide bonds. The summed E-state index contributed by atoms with van der Waals surface area (Å²) in [5.41, 5.74) is 8.70. The topological polar surface area (TPSA) is 120 Å². The number of hydrogen-bond acceptors (Lipinski definition) is 5. The summed E-state index contributed by atoms with van der Waals surface area (Å²) in [6.07, 6.45) is 8.96. The number of anilines is 1. The largest absolute Gasteiger partial charge is 0.397 e. The van der Waals surface area contributed by atoms with Gasteiger partial charge in [0, 0.05) is 59.8 Å². The van der Waals surface area contributed by atoms with Gasteiger partial charge < -0.3 is 30.7 Å². The van der Waals surface area contributed by atoms with Crippen LogP contribution in [0.15, 0.2) is 56.3 Å². The molecule has 0 saturated carbocycles. The Morgan fingerprint density at radius 3 is 2.13 bits per heavy atom. The number of aromatic amines is 1. The van der Waals surface area contributed by atoms with E-state index in [1.54, 1.807) is 27.8 Å². The number of nitrogens with two attached hydrogens (primary N) is 1. The molecule has 0 spiro atoms. The lowest BCUT2D eigenvalue weighted by Gasteiger charge is -2.41. The molecule has 252 valence electrons. The number of nitrogens with one attached hydrogen (secondary N) is 2. The second-order valence-electron chi connectivity index (χ2n) is 12.9. The van der Waals surface area contributed by atoms with E-state index in [1.165, 1.54) is 31.4 Å². The van der Waals surface area contributed by atoms with E-state index in [2.05, 4.69) is 47.1 Å². The molecule has 3 aromatic rings. The van der Waals surface area contributed by atoms with E-state index in [0.717, 1.165) is 46.0 Å². The van der Waals surface area contributed by atoms with Gasteiger partial charge in [-0.15, -0.1) is 0 Å². The number of hydrogen-bond donors (Lipinski definition) is 3. The summed E-state index contributed by atoms with van der Waals surface area (Å²) < 4.78 is 16.5. The molecule has 6 rings (SSSR count). The quantitative estimate of drug-likeness (QED) is 0.273. The fraction of sp³-hybridized carbons (Fsp3) is 0.500. The minimum atomic E-state index is -0.736. The van der Waals surface area contributed by atoms with Crippen LogP contribution in [0.3, 0.4) is 0 Å². The summed E-state index contributed by atoms with van der Waals surface area (Å²) in [7, 11) is 0. The fourth-order valence-electron chi connectivity index (χ4n) is 7.19. The molecule has 3 aliphatic heterocycles. The summed E-state index contributed by atoms with van der Waals surface area (Å²) in [6, 6.07) is 9.20. The van der Waals surface area contributed by atoms with Crippen molar-refractivity contribution in [3.05, 3.63) is 73.4 Å². The van der Waals surface area contributed by atoms with Crippen LogP contribution < -0.4 is 16.7 Å². The summed E-state index contributed by atoms with van der Waals surface area (Å²) in [5.74, 6) is -0.404. The molecule has 1 aromatic heterocycles. The SMILES string of the molecule is Nc1c(Br)cc(C[C@H](NC(=O)N2CCC(n3cc(-c4ccc(F)cc4)[nH]c3=O)CC2)C(=O)N2CCC(N3CCCCC3)CC2)cc1Br. The van der Waals surface area contributed by atoms with Crippen LogP contribution in [0.4, 0.5) is 14.9 Å². The van der Waals surface area contributed by atoms with Crippen LogP contribution >= 0.6 is 31.9 Å². The first-order valence-corrected chi connectivity index (χ1v) is 18.1. The predicted octanol–water partition coefficient (Wildman–Crippen LogP) is 5.52. The maximum atomic E-state index is 14.0. The minimum Gasteiger partial charge on any atom is -0.397 e. The molecule has 2 aromatic carbocycles. The average Bonchev–Trinajstić information content (AvgIpc) is 3.48. The van der Waals surface area contributed by atoms with Gasteiger partial charge in [0.15, 0.2) is 0 Å². The maximum Gasteiger partial charge on any atom is 0.326 e. The highest BCUT2D eigenvalue weighted by Gasteiger charge is 2.34. The summed E-state index contributed by atoms with van der Waals surface area (Å²) in [5, 5.41) is 3.07. The van der Waals surface area contributed by atoms with Crippen molar-refractivity contribution >= 4 is 49.5 Å². The number of H-pyrrole nitrogens is 1. The Hall–Kier alpha value is -3.16. The van der Waals surface area contributed by atoms with Crippen molar-refractivity contribution in [2.24, 2.45) is 0 Å². The molecule has 0 unspecified atom stereocenters. The van der Waals surface area contributed by atoms with Crippen LogP contribution in [0, 0.1) is 5.82 Å². The third kappa shape index (κ3) is 7.94. The van der Waals surface area contributed by atoms with Crippen LogP contribution in [0.1, 0.15) is 56.6 Å². The third-order valence-electron chi connectivity index (χ3n) is 9.90. The smallest absolute Gasteiger partial charge is 0.326 e. The first kappa shape index (κ1) is 33.7. The van der Waals surface area contributed by atoms with Gasteiger partial charge in [0.05, 0.1) is 11.4 Å². The Bertz CT molecular complexity index is 1600. The van der Waals surface area contributed by atoms with E-state index in [0.29, 0.717) is 62.9 Å². The van der Waals surface area contributed by atoms with E-state index in [-0.39, 0.29) is 29.5 Å². The van der Waals surface area contributed by atoms with Gasteiger partial charge in [-0.05, 0) is 131 Å². The zero-order valence-electron chi connectivity index (χ0n) is 26.4. The molecule has 1 atom stereocenters. The highest BCUT2D eigenvalue weighted by atomic mass is 79.9. The molecular formula is C34H42Br2FN7O3. The molecule has 3 fully saturated rings. The highest BCUT2D eigenvalue weighted by Crippen LogP contribution is 2.31. The number of urea groups is 1. The van der Waals surface area contributed by atoms with Crippen LogP contribution in [-0.2, 0) is 11.2 Å². The molecular weight excluding hydrogens is 733 g/mol. The number of imidazole rings is 1. The monoisotopic (exact) mass is 773 g/mol. The van der Waals surface area contributed by atoms with Gasteiger partial charge >= 0.3 is 11.7 Å². The van der Waals surface area contributed by atoms with E-state index in [1.807, 2.05) is 17.0 Å². The molecule has 10 nitrogen and oxygen atoms in total. The van der Waals surface area contributed by atoms with Crippen LogP contribution in [-0.4, -0.2) is 87.5 Å². The predicted molar refractivity (Wildman–Crippen MR) is 188 cm³/mol. The number of carbonyl (C=O) groups excluding carboxylic acids is 2. The van der Waals surface area contributed by atoms with Crippen molar-refractivity contribution in [1.29, 1.82) is 0 Å². The summed E-state index contributed by atoms with van der Waals surface area (Å²) in [6.45, 7) is 4.53. The lowest BCUT2D eigenvalue weighted by atomic mass is 9.98. The number of piperidine rings is 3. The van der Waals surface area contributed by atoms with Crippen molar-refractivity contribution in [3.63, 3.8) is 0 Å². The number of aromatic nitrogens is 2. The number of likely N-dealkylation sites (tertiary alicyclic amines) is 3. The zero-order valence-corrected chi connectivity index (χ0v) is 29.6. The van der Waals surface area contributed by atoms with E-state index in [9.17, 15) is 18.8 Å². The average molecular weight is 776 g/mol. The Kier molecular flexibility index (Phi) is 10.7. The first-order chi connectivity index (χ1) is 22.7. The van der Waals surface area contributed by atoms with Crippen molar-refractivity contribution in [2.45, 2.75) is 69.5 Å². The molecule has 4 heterocycles. The second-order valence-corrected chi connectivity index (χ2v) is 14.6. The van der Waals surface area contributed by atoms with Gasteiger partial charge in [0.25, 0.3) is 0 Å². The van der Waals surface area contributed by atoms with Crippen molar-refractivity contribution in [1.82, 2.24) is 29.6 Å². The summed E-state index contributed by atoms with van der Waals surface area (Å²) >= 11 is 7.03. The van der Waals surface area contributed by atoms with E-state index in [4.69, 9.17) is 5.73 Å². The molecule has 13 heteroatoms. The van der Waals surface area contributed by atoms with E-state index >= 15 is 0 Å². The number of carbonyl (C=O) groups is 2. The lowest BCUT2D eigenvalue weighted by molar-refractivity contribution is -0.134. The standard InChI is InChI=1S/C34H42Br2FN7O3/c35-27-18-22(19-28(36)31(27)38)20-29(32(45)42-14-8-25(9-15-42)41-12-2-1-3-13-41)39-33(46)43-16-10-26(11-17-43)44-21-30(40-34(44)47)23-4-6-24(37)7-5-23/h4-7,18-19,21,25-26,29H,1-3,8-17,20,38H2,(H,39,46)(H,40,47)/t29-/m0/s1.